The van der Waals surface area contributed by atoms with E-state index in [-0.39, 0.29) is 5.41 Å². The second kappa shape index (κ2) is 6.75. The van der Waals surface area contributed by atoms with Crippen LogP contribution in [0, 0.1) is 11.3 Å². The maximum absolute atomic E-state index is 5.82. The van der Waals surface area contributed by atoms with Gasteiger partial charge in [-0.2, -0.15) is 0 Å². The van der Waals surface area contributed by atoms with Crippen LogP contribution in [0.1, 0.15) is 59.8 Å². The molecule has 1 fully saturated rings. The summed E-state index contributed by atoms with van der Waals surface area (Å²) in [5.41, 5.74) is 0.207. The Morgan fingerprint density at radius 2 is 1.76 bits per heavy atom. The van der Waals surface area contributed by atoms with Crippen LogP contribution in [0.25, 0.3) is 0 Å². The molecule has 0 heterocycles. The van der Waals surface area contributed by atoms with E-state index in [1.54, 1.807) is 0 Å². The van der Waals surface area contributed by atoms with Crippen molar-refractivity contribution in [2.75, 3.05) is 13.7 Å². The van der Waals surface area contributed by atoms with Crippen LogP contribution in [-0.2, 0) is 4.74 Å². The van der Waals surface area contributed by atoms with Crippen molar-refractivity contribution in [1.82, 2.24) is 5.32 Å². The number of hydrogen-bond acceptors (Lipinski definition) is 2. The molecule has 2 unspecified atom stereocenters. The van der Waals surface area contributed by atoms with Crippen molar-refractivity contribution < 1.29 is 4.74 Å². The van der Waals surface area contributed by atoms with E-state index in [0.717, 1.165) is 12.5 Å². The molecule has 0 bridgehead atoms. The average molecular weight is 241 g/mol. The number of likely N-dealkylation sites (N-methyl/N-ethyl adjacent to an activating group) is 1. The van der Waals surface area contributed by atoms with Gasteiger partial charge in [0.2, 0.25) is 0 Å². The molecule has 1 saturated carbocycles. The second-order valence-corrected chi connectivity index (χ2v) is 6.50. The lowest BCUT2D eigenvalue weighted by atomic mass is 9.75. The third-order valence-electron chi connectivity index (χ3n) is 4.03. The van der Waals surface area contributed by atoms with Crippen LogP contribution in [0.2, 0.25) is 0 Å². The van der Waals surface area contributed by atoms with Crippen LogP contribution in [0.3, 0.4) is 0 Å². The standard InChI is InChI=1S/C15H31NO/c1-6-16-13(12-10-8-7-9-11-12)14(17-5)15(2,3)4/h12-14,16H,6-11H2,1-5H3. The molecular weight excluding hydrogens is 210 g/mol. The summed E-state index contributed by atoms with van der Waals surface area (Å²) >= 11 is 0. The molecule has 1 aliphatic carbocycles. The Balaban J connectivity index is 2.74. The zero-order chi connectivity index (χ0) is 12.9. The Morgan fingerprint density at radius 1 is 1.18 bits per heavy atom. The van der Waals surface area contributed by atoms with Gasteiger partial charge in [0, 0.05) is 13.2 Å². The zero-order valence-corrected chi connectivity index (χ0v) is 12.4. The minimum absolute atomic E-state index is 0.207. The van der Waals surface area contributed by atoms with Gasteiger partial charge in [0.15, 0.2) is 0 Å². The molecule has 17 heavy (non-hydrogen) atoms. The number of methoxy groups -OCH3 is 1. The molecule has 0 aromatic carbocycles. The van der Waals surface area contributed by atoms with Crippen LogP contribution < -0.4 is 5.32 Å². The fraction of sp³-hybridized carbons (Fsp3) is 1.00. The summed E-state index contributed by atoms with van der Waals surface area (Å²) in [4.78, 5) is 0. The smallest absolute Gasteiger partial charge is 0.0775 e. The van der Waals surface area contributed by atoms with Gasteiger partial charge in [-0.25, -0.2) is 0 Å². The third-order valence-corrected chi connectivity index (χ3v) is 4.03. The molecule has 0 saturated heterocycles. The molecule has 0 aromatic heterocycles. The first-order valence-corrected chi connectivity index (χ1v) is 7.27. The van der Waals surface area contributed by atoms with Crippen LogP contribution in [0.5, 0.6) is 0 Å². The van der Waals surface area contributed by atoms with Crippen molar-refractivity contribution in [2.24, 2.45) is 11.3 Å². The van der Waals surface area contributed by atoms with E-state index in [4.69, 9.17) is 4.74 Å². The quantitative estimate of drug-likeness (QED) is 0.794. The van der Waals surface area contributed by atoms with Gasteiger partial charge in [-0.3, -0.25) is 0 Å². The van der Waals surface area contributed by atoms with Crippen LogP contribution in [-0.4, -0.2) is 25.8 Å². The maximum Gasteiger partial charge on any atom is 0.0775 e. The van der Waals surface area contributed by atoms with E-state index in [1.165, 1.54) is 32.1 Å². The van der Waals surface area contributed by atoms with E-state index in [9.17, 15) is 0 Å². The Morgan fingerprint density at radius 3 is 2.18 bits per heavy atom. The van der Waals surface area contributed by atoms with Crippen LogP contribution >= 0.6 is 0 Å². The lowest BCUT2D eigenvalue weighted by molar-refractivity contribution is -0.0305. The largest absolute Gasteiger partial charge is 0.379 e. The molecule has 0 amide bonds. The molecule has 0 radical (unpaired) electrons. The summed E-state index contributed by atoms with van der Waals surface area (Å²) in [6.07, 6.45) is 7.26. The predicted octanol–water partition coefficient (Wildman–Crippen LogP) is 3.61. The van der Waals surface area contributed by atoms with Crippen molar-refractivity contribution in [3.63, 3.8) is 0 Å². The Labute approximate surface area is 108 Å². The summed E-state index contributed by atoms with van der Waals surface area (Å²) in [6.45, 7) is 10.1. The highest BCUT2D eigenvalue weighted by Crippen LogP contribution is 2.34. The Bertz CT molecular complexity index is 203. The highest BCUT2D eigenvalue weighted by Gasteiger charge is 2.36. The predicted molar refractivity (Wildman–Crippen MR) is 74.3 cm³/mol. The summed E-state index contributed by atoms with van der Waals surface area (Å²) in [6, 6.07) is 0.519. The Kier molecular flexibility index (Phi) is 5.94. The van der Waals surface area contributed by atoms with Crippen molar-refractivity contribution in [1.29, 1.82) is 0 Å². The molecule has 0 aliphatic heterocycles. The van der Waals surface area contributed by atoms with Crippen molar-refractivity contribution in [3.8, 4) is 0 Å². The Hall–Kier alpha value is -0.0800. The molecule has 1 rings (SSSR count). The van der Waals surface area contributed by atoms with Gasteiger partial charge in [0.25, 0.3) is 0 Å². The first kappa shape index (κ1) is 15.0. The summed E-state index contributed by atoms with van der Waals surface area (Å²) < 4.78 is 5.82. The second-order valence-electron chi connectivity index (χ2n) is 6.50. The zero-order valence-electron chi connectivity index (χ0n) is 12.4. The van der Waals surface area contributed by atoms with Gasteiger partial charge >= 0.3 is 0 Å². The number of ether oxygens (including phenoxy) is 1. The third kappa shape index (κ3) is 4.26. The lowest BCUT2D eigenvalue weighted by Crippen LogP contribution is -2.52. The van der Waals surface area contributed by atoms with Gasteiger partial charge in [0.05, 0.1) is 6.10 Å². The van der Waals surface area contributed by atoms with Gasteiger partial charge in [-0.1, -0.05) is 47.0 Å². The number of rotatable bonds is 5. The van der Waals surface area contributed by atoms with Crippen molar-refractivity contribution in [3.05, 3.63) is 0 Å². The minimum atomic E-state index is 0.207. The molecule has 0 spiro atoms. The van der Waals surface area contributed by atoms with Gasteiger partial charge in [-0.15, -0.1) is 0 Å². The molecule has 2 atom stereocenters. The first-order valence-electron chi connectivity index (χ1n) is 7.27. The molecule has 2 heteroatoms. The van der Waals surface area contributed by atoms with E-state index in [1.807, 2.05) is 7.11 Å². The molecule has 2 nitrogen and oxygen atoms in total. The summed E-state index contributed by atoms with van der Waals surface area (Å²) in [5.74, 6) is 0.799. The van der Waals surface area contributed by atoms with E-state index < -0.39 is 0 Å². The SMILES string of the molecule is CCNC(C1CCCCC1)C(OC)C(C)(C)C. The fourth-order valence-electron chi connectivity index (χ4n) is 3.29. The molecule has 1 N–H and O–H groups in total. The van der Waals surface area contributed by atoms with E-state index in [0.29, 0.717) is 12.1 Å². The number of nitrogens with one attached hydrogen (secondary N) is 1. The van der Waals surface area contributed by atoms with E-state index >= 15 is 0 Å². The highest BCUT2D eigenvalue weighted by atomic mass is 16.5. The number of hydrogen-bond donors (Lipinski definition) is 1. The van der Waals surface area contributed by atoms with Gasteiger partial charge in [-0.05, 0) is 30.7 Å². The molecule has 1 aliphatic rings. The van der Waals surface area contributed by atoms with Crippen molar-refractivity contribution in [2.45, 2.75) is 71.9 Å². The molecule has 0 aromatic rings. The normalized spacial score (nSPS) is 22.4. The minimum Gasteiger partial charge on any atom is -0.379 e. The van der Waals surface area contributed by atoms with Gasteiger partial charge < -0.3 is 10.1 Å². The summed E-state index contributed by atoms with van der Waals surface area (Å²) in [7, 11) is 1.86. The highest BCUT2D eigenvalue weighted by molar-refractivity contribution is 4.91. The maximum atomic E-state index is 5.82. The first-order chi connectivity index (χ1) is 8.00. The fourth-order valence-corrected chi connectivity index (χ4v) is 3.29. The molecule has 102 valence electrons. The van der Waals surface area contributed by atoms with Crippen LogP contribution in [0.15, 0.2) is 0 Å². The monoisotopic (exact) mass is 241 g/mol. The topological polar surface area (TPSA) is 21.3 Å². The summed E-state index contributed by atoms with van der Waals surface area (Å²) in [5, 5.41) is 3.68. The van der Waals surface area contributed by atoms with Crippen LogP contribution in [0.4, 0.5) is 0 Å². The molecular formula is C15H31NO. The lowest BCUT2D eigenvalue weighted by Gasteiger charge is -2.41. The van der Waals surface area contributed by atoms with E-state index in [2.05, 4.69) is 33.0 Å². The van der Waals surface area contributed by atoms with Gasteiger partial charge in [0.1, 0.15) is 0 Å². The average Bonchev–Trinajstić information content (AvgIpc) is 2.28. The van der Waals surface area contributed by atoms with Crippen molar-refractivity contribution >= 4 is 0 Å².